The molecule has 1 aliphatic rings. The van der Waals surface area contributed by atoms with Gasteiger partial charge in [0.1, 0.15) is 5.82 Å². The van der Waals surface area contributed by atoms with Crippen molar-refractivity contribution in [2.45, 2.75) is 32.0 Å². The maximum Gasteiger partial charge on any atom is 0.147 e. The molecule has 0 radical (unpaired) electrons. The summed E-state index contributed by atoms with van der Waals surface area (Å²) >= 11 is 5.91. The fourth-order valence-corrected chi connectivity index (χ4v) is 2.27. The van der Waals surface area contributed by atoms with Crippen LogP contribution >= 0.6 is 11.6 Å². The van der Waals surface area contributed by atoms with Gasteiger partial charge in [-0.2, -0.15) is 0 Å². The largest absolute Gasteiger partial charge is 0.354 e. The number of aromatic nitrogens is 2. The molecule has 1 aromatic carbocycles. The Bertz CT molecular complexity index is 595. The fourth-order valence-electron chi connectivity index (χ4n) is 2.14. The highest BCUT2D eigenvalue weighted by Gasteiger charge is 2.20. The van der Waals surface area contributed by atoms with Gasteiger partial charge in [0.2, 0.25) is 0 Å². The average molecular weight is 303 g/mol. The predicted octanol–water partition coefficient (Wildman–Crippen LogP) is 3.02. The summed E-state index contributed by atoms with van der Waals surface area (Å²) in [5.74, 6) is 0.889. The van der Waals surface area contributed by atoms with Crippen LogP contribution in [0.5, 0.6) is 0 Å². The van der Waals surface area contributed by atoms with E-state index in [1.807, 2.05) is 37.5 Å². The van der Waals surface area contributed by atoms with Gasteiger partial charge in [-0.05, 0) is 30.5 Å². The van der Waals surface area contributed by atoms with Gasteiger partial charge in [0.05, 0.1) is 11.9 Å². The van der Waals surface area contributed by atoms with Gasteiger partial charge in [-0.25, -0.2) is 4.98 Å². The lowest BCUT2D eigenvalue weighted by molar-refractivity contribution is 0.670. The van der Waals surface area contributed by atoms with Gasteiger partial charge in [0, 0.05) is 37.4 Å². The van der Waals surface area contributed by atoms with Crippen molar-refractivity contribution in [3.63, 3.8) is 0 Å². The topological polar surface area (TPSA) is 41.1 Å². The monoisotopic (exact) mass is 302 g/mol. The number of halogens is 1. The molecule has 5 heteroatoms. The molecule has 4 nitrogen and oxygen atoms in total. The summed E-state index contributed by atoms with van der Waals surface area (Å²) in [6.45, 7) is 1.58. The van der Waals surface area contributed by atoms with Crippen LogP contribution in [-0.2, 0) is 13.1 Å². The van der Waals surface area contributed by atoms with Crippen molar-refractivity contribution in [3.8, 4) is 0 Å². The third-order valence-corrected chi connectivity index (χ3v) is 3.80. The van der Waals surface area contributed by atoms with Crippen molar-refractivity contribution in [1.29, 1.82) is 0 Å². The van der Waals surface area contributed by atoms with Crippen molar-refractivity contribution >= 4 is 17.4 Å². The quantitative estimate of drug-likeness (QED) is 0.890. The first-order valence-electron chi connectivity index (χ1n) is 7.20. The summed E-state index contributed by atoms with van der Waals surface area (Å²) in [6, 6.07) is 8.57. The first-order chi connectivity index (χ1) is 10.2. The molecule has 1 N–H and O–H groups in total. The van der Waals surface area contributed by atoms with Gasteiger partial charge in [0.25, 0.3) is 0 Å². The van der Waals surface area contributed by atoms with Gasteiger partial charge >= 0.3 is 0 Å². The number of nitrogens with zero attached hydrogens (tertiary/aromatic N) is 3. The summed E-state index contributed by atoms with van der Waals surface area (Å²) in [5, 5.41) is 4.22. The smallest absolute Gasteiger partial charge is 0.147 e. The minimum absolute atomic E-state index is 0.683. The van der Waals surface area contributed by atoms with Crippen LogP contribution in [0.2, 0.25) is 5.02 Å². The first-order valence-corrected chi connectivity index (χ1v) is 7.58. The van der Waals surface area contributed by atoms with Crippen molar-refractivity contribution in [3.05, 3.63) is 52.9 Å². The molecule has 0 bridgehead atoms. The number of hydrogen-bond acceptors (Lipinski definition) is 4. The van der Waals surface area contributed by atoms with Gasteiger partial charge in [-0.15, -0.1) is 0 Å². The minimum atomic E-state index is 0.683. The second kappa shape index (κ2) is 6.41. The van der Waals surface area contributed by atoms with Crippen molar-refractivity contribution < 1.29 is 0 Å². The average Bonchev–Trinajstić information content (AvgIpc) is 3.32. The number of benzene rings is 1. The molecule has 21 heavy (non-hydrogen) atoms. The Labute approximate surface area is 130 Å². The second-order valence-electron chi connectivity index (χ2n) is 5.51. The summed E-state index contributed by atoms with van der Waals surface area (Å²) in [5.41, 5.74) is 2.19. The molecule has 2 aromatic rings. The zero-order chi connectivity index (χ0) is 14.7. The fraction of sp³-hybridized carbons (Fsp3) is 0.375. The molecule has 3 rings (SSSR count). The van der Waals surface area contributed by atoms with E-state index in [9.17, 15) is 0 Å². The van der Waals surface area contributed by atoms with Gasteiger partial charge in [0.15, 0.2) is 0 Å². The number of anilines is 1. The van der Waals surface area contributed by atoms with E-state index in [0.717, 1.165) is 29.6 Å². The molecule has 110 valence electrons. The molecule has 0 spiro atoms. The molecule has 0 aliphatic heterocycles. The van der Waals surface area contributed by atoms with E-state index in [1.54, 1.807) is 6.20 Å². The summed E-state index contributed by atoms with van der Waals surface area (Å²) in [7, 11) is 2.02. The van der Waals surface area contributed by atoms with Gasteiger partial charge in [-0.3, -0.25) is 4.98 Å². The highest BCUT2D eigenvalue weighted by Crippen LogP contribution is 2.19. The number of rotatable bonds is 6. The lowest BCUT2D eigenvalue weighted by atomic mass is 10.2. The van der Waals surface area contributed by atoms with E-state index in [-0.39, 0.29) is 0 Å². The van der Waals surface area contributed by atoms with E-state index < -0.39 is 0 Å². The third-order valence-electron chi connectivity index (χ3n) is 3.55. The Morgan fingerprint density at radius 2 is 2.00 bits per heavy atom. The van der Waals surface area contributed by atoms with E-state index in [0.29, 0.717) is 6.04 Å². The van der Waals surface area contributed by atoms with Crippen LogP contribution in [0.1, 0.15) is 24.1 Å². The summed E-state index contributed by atoms with van der Waals surface area (Å²) in [6.07, 6.45) is 6.19. The molecule has 1 aliphatic carbocycles. The second-order valence-corrected chi connectivity index (χ2v) is 5.94. The lowest BCUT2D eigenvalue weighted by Crippen LogP contribution is -2.20. The molecule has 1 saturated carbocycles. The number of nitrogens with one attached hydrogen (secondary N) is 1. The zero-order valence-electron chi connectivity index (χ0n) is 12.1. The van der Waals surface area contributed by atoms with Crippen molar-refractivity contribution in [1.82, 2.24) is 15.3 Å². The Balaban J connectivity index is 1.63. The summed E-state index contributed by atoms with van der Waals surface area (Å²) in [4.78, 5) is 11.0. The zero-order valence-corrected chi connectivity index (χ0v) is 12.8. The molecule has 1 heterocycles. The standard InChI is InChI=1S/C16H19ClN4/c1-21(11-12-2-4-13(17)5-3-12)16-10-18-8-15(20-16)9-19-14-6-7-14/h2-5,8,10,14,19H,6-7,9,11H2,1H3. The van der Waals surface area contributed by atoms with Crippen LogP contribution in [0.15, 0.2) is 36.7 Å². The molecule has 0 atom stereocenters. The lowest BCUT2D eigenvalue weighted by Gasteiger charge is -2.18. The van der Waals surface area contributed by atoms with Crippen LogP contribution in [0, 0.1) is 0 Å². The molecule has 0 unspecified atom stereocenters. The van der Waals surface area contributed by atoms with Crippen molar-refractivity contribution in [2.24, 2.45) is 0 Å². The summed E-state index contributed by atoms with van der Waals surface area (Å²) < 4.78 is 0. The molecular weight excluding hydrogens is 284 g/mol. The Hall–Kier alpha value is -1.65. The third kappa shape index (κ3) is 4.16. The van der Waals surface area contributed by atoms with Crippen LogP contribution in [0.4, 0.5) is 5.82 Å². The van der Waals surface area contributed by atoms with Crippen LogP contribution in [0.3, 0.4) is 0 Å². The Kier molecular flexibility index (Phi) is 4.36. The first kappa shape index (κ1) is 14.3. The SMILES string of the molecule is CN(Cc1ccc(Cl)cc1)c1cncc(CNC2CC2)n1. The van der Waals surface area contributed by atoms with E-state index >= 15 is 0 Å². The molecule has 1 fully saturated rings. The molecule has 1 aromatic heterocycles. The molecule has 0 saturated heterocycles. The Morgan fingerprint density at radius 3 is 2.71 bits per heavy atom. The van der Waals surface area contributed by atoms with Crippen LogP contribution < -0.4 is 10.2 Å². The van der Waals surface area contributed by atoms with Gasteiger partial charge in [-0.1, -0.05) is 23.7 Å². The molecule has 0 amide bonds. The van der Waals surface area contributed by atoms with E-state index in [2.05, 4.69) is 20.2 Å². The van der Waals surface area contributed by atoms with E-state index in [1.165, 1.54) is 18.4 Å². The minimum Gasteiger partial charge on any atom is -0.354 e. The maximum atomic E-state index is 5.91. The number of hydrogen-bond donors (Lipinski definition) is 1. The van der Waals surface area contributed by atoms with E-state index in [4.69, 9.17) is 11.6 Å². The normalized spacial score (nSPS) is 14.2. The van der Waals surface area contributed by atoms with Crippen molar-refractivity contribution in [2.75, 3.05) is 11.9 Å². The maximum absolute atomic E-state index is 5.91. The highest BCUT2D eigenvalue weighted by atomic mass is 35.5. The highest BCUT2D eigenvalue weighted by molar-refractivity contribution is 6.30. The van der Waals surface area contributed by atoms with Crippen LogP contribution in [-0.4, -0.2) is 23.1 Å². The van der Waals surface area contributed by atoms with Crippen LogP contribution in [0.25, 0.3) is 0 Å². The Morgan fingerprint density at radius 1 is 1.24 bits per heavy atom. The molecular formula is C16H19ClN4. The van der Waals surface area contributed by atoms with Gasteiger partial charge < -0.3 is 10.2 Å². The predicted molar refractivity (Wildman–Crippen MR) is 85.5 cm³/mol.